The lowest BCUT2D eigenvalue weighted by Crippen LogP contribution is -2.62. The Balaban J connectivity index is 2.45. The molecule has 1 N–H and O–H groups in total. The maximum absolute atomic E-state index is 12.4. The van der Waals surface area contributed by atoms with Gasteiger partial charge in [-0.15, -0.1) is 0 Å². The summed E-state index contributed by atoms with van der Waals surface area (Å²) < 4.78 is 5.27. The normalized spacial score (nSPS) is 23.2. The van der Waals surface area contributed by atoms with E-state index in [0.29, 0.717) is 17.9 Å². The SMILES string of the molecule is CCC1NC(=O)C(C)N(c2ccccc2OC)C1=O. The Morgan fingerprint density at radius 1 is 1.32 bits per heavy atom. The maximum Gasteiger partial charge on any atom is 0.250 e. The topological polar surface area (TPSA) is 58.6 Å². The summed E-state index contributed by atoms with van der Waals surface area (Å²) in [6, 6.07) is 6.23. The van der Waals surface area contributed by atoms with Gasteiger partial charge in [0.15, 0.2) is 0 Å². The largest absolute Gasteiger partial charge is 0.495 e. The Hall–Kier alpha value is -2.04. The number of carbonyl (C=O) groups is 2. The molecule has 19 heavy (non-hydrogen) atoms. The first kappa shape index (κ1) is 13.4. The van der Waals surface area contributed by atoms with E-state index in [9.17, 15) is 9.59 Å². The van der Waals surface area contributed by atoms with Crippen LogP contribution < -0.4 is 15.0 Å². The fraction of sp³-hybridized carbons (Fsp3) is 0.429. The van der Waals surface area contributed by atoms with Crippen molar-refractivity contribution in [1.29, 1.82) is 0 Å². The first-order valence-corrected chi connectivity index (χ1v) is 6.36. The zero-order valence-corrected chi connectivity index (χ0v) is 11.3. The molecule has 0 radical (unpaired) electrons. The third-order valence-corrected chi connectivity index (χ3v) is 3.37. The molecule has 1 aromatic rings. The maximum atomic E-state index is 12.4. The Labute approximate surface area is 112 Å². The minimum absolute atomic E-state index is 0.0981. The highest BCUT2D eigenvalue weighted by Crippen LogP contribution is 2.31. The fourth-order valence-corrected chi connectivity index (χ4v) is 2.26. The third-order valence-electron chi connectivity index (χ3n) is 3.37. The molecule has 0 aliphatic carbocycles. The minimum atomic E-state index is -0.536. The highest BCUT2D eigenvalue weighted by atomic mass is 16.5. The van der Waals surface area contributed by atoms with Crippen molar-refractivity contribution in [3.8, 4) is 5.75 Å². The van der Waals surface area contributed by atoms with Crippen LogP contribution in [-0.4, -0.2) is 31.0 Å². The van der Waals surface area contributed by atoms with E-state index in [1.807, 2.05) is 19.1 Å². The Bertz CT molecular complexity index is 501. The molecule has 2 atom stereocenters. The number of anilines is 1. The van der Waals surface area contributed by atoms with Gasteiger partial charge in [0.2, 0.25) is 11.8 Å². The summed E-state index contributed by atoms with van der Waals surface area (Å²) in [5.41, 5.74) is 0.635. The van der Waals surface area contributed by atoms with E-state index in [1.54, 1.807) is 26.2 Å². The van der Waals surface area contributed by atoms with Gasteiger partial charge in [-0.25, -0.2) is 0 Å². The number of piperazine rings is 1. The second-order valence-corrected chi connectivity index (χ2v) is 4.53. The van der Waals surface area contributed by atoms with Gasteiger partial charge in [-0.05, 0) is 25.5 Å². The van der Waals surface area contributed by atoms with Crippen molar-refractivity contribution in [2.45, 2.75) is 32.4 Å². The van der Waals surface area contributed by atoms with Crippen LogP contribution >= 0.6 is 0 Å². The molecule has 0 bridgehead atoms. The van der Waals surface area contributed by atoms with Gasteiger partial charge in [0.1, 0.15) is 17.8 Å². The number of para-hydroxylation sites is 2. The molecule has 5 heteroatoms. The van der Waals surface area contributed by atoms with Crippen LogP contribution in [0.25, 0.3) is 0 Å². The van der Waals surface area contributed by atoms with Gasteiger partial charge in [0.25, 0.3) is 0 Å². The van der Waals surface area contributed by atoms with Crippen LogP contribution in [0, 0.1) is 0 Å². The molecule has 1 aliphatic rings. The van der Waals surface area contributed by atoms with Crippen LogP contribution in [0.5, 0.6) is 5.75 Å². The molecule has 0 spiro atoms. The summed E-state index contributed by atoms with van der Waals surface area (Å²) in [5, 5.41) is 2.73. The Kier molecular flexibility index (Phi) is 3.74. The number of hydrogen-bond donors (Lipinski definition) is 1. The molecule has 102 valence electrons. The van der Waals surface area contributed by atoms with Gasteiger partial charge >= 0.3 is 0 Å². The summed E-state index contributed by atoms with van der Waals surface area (Å²) in [5.74, 6) is 0.351. The molecule has 5 nitrogen and oxygen atoms in total. The number of amides is 2. The second-order valence-electron chi connectivity index (χ2n) is 4.53. The van der Waals surface area contributed by atoms with Crippen molar-refractivity contribution in [1.82, 2.24) is 5.32 Å². The predicted molar refractivity (Wildman–Crippen MR) is 72.2 cm³/mol. The van der Waals surface area contributed by atoms with Crippen LogP contribution in [-0.2, 0) is 9.59 Å². The molecule has 2 amide bonds. The summed E-state index contributed by atoms with van der Waals surface area (Å²) in [6.45, 7) is 3.59. The molecule has 2 rings (SSSR count). The van der Waals surface area contributed by atoms with Gasteiger partial charge < -0.3 is 10.1 Å². The number of ether oxygens (including phenoxy) is 1. The van der Waals surface area contributed by atoms with E-state index in [2.05, 4.69) is 5.32 Å². The number of benzene rings is 1. The number of methoxy groups -OCH3 is 1. The smallest absolute Gasteiger partial charge is 0.250 e. The van der Waals surface area contributed by atoms with E-state index in [0.717, 1.165) is 0 Å². The number of nitrogens with one attached hydrogen (secondary N) is 1. The first-order chi connectivity index (χ1) is 9.10. The van der Waals surface area contributed by atoms with Crippen LogP contribution in [0.15, 0.2) is 24.3 Å². The molecule has 1 aromatic carbocycles. The van der Waals surface area contributed by atoms with E-state index in [4.69, 9.17) is 4.74 Å². The summed E-state index contributed by atoms with van der Waals surface area (Å²) in [4.78, 5) is 25.9. The fourth-order valence-electron chi connectivity index (χ4n) is 2.26. The van der Waals surface area contributed by atoms with Gasteiger partial charge in [-0.1, -0.05) is 19.1 Å². The van der Waals surface area contributed by atoms with E-state index in [1.165, 1.54) is 4.90 Å². The van der Waals surface area contributed by atoms with Crippen LogP contribution in [0.4, 0.5) is 5.69 Å². The van der Waals surface area contributed by atoms with E-state index >= 15 is 0 Å². The van der Waals surface area contributed by atoms with Gasteiger partial charge in [-0.3, -0.25) is 14.5 Å². The molecule has 1 aliphatic heterocycles. The third kappa shape index (κ3) is 2.28. The van der Waals surface area contributed by atoms with Crippen molar-refractivity contribution < 1.29 is 14.3 Å². The molecule has 1 saturated heterocycles. The Morgan fingerprint density at radius 3 is 2.63 bits per heavy atom. The average Bonchev–Trinajstić information content (AvgIpc) is 2.43. The average molecular weight is 262 g/mol. The highest BCUT2D eigenvalue weighted by molar-refractivity contribution is 6.08. The van der Waals surface area contributed by atoms with Crippen LogP contribution in [0.2, 0.25) is 0 Å². The van der Waals surface area contributed by atoms with E-state index in [-0.39, 0.29) is 11.8 Å². The quantitative estimate of drug-likeness (QED) is 0.894. The second kappa shape index (κ2) is 5.30. The molecular weight excluding hydrogens is 244 g/mol. The lowest BCUT2D eigenvalue weighted by atomic mass is 10.0. The summed E-state index contributed by atoms with van der Waals surface area (Å²) in [7, 11) is 1.55. The van der Waals surface area contributed by atoms with E-state index < -0.39 is 12.1 Å². The van der Waals surface area contributed by atoms with Gasteiger partial charge in [-0.2, -0.15) is 0 Å². The molecule has 2 unspecified atom stereocenters. The number of nitrogens with zero attached hydrogens (tertiary/aromatic N) is 1. The minimum Gasteiger partial charge on any atom is -0.495 e. The number of carbonyl (C=O) groups excluding carboxylic acids is 2. The predicted octanol–water partition coefficient (Wildman–Crippen LogP) is 1.33. The van der Waals surface area contributed by atoms with Crippen molar-refractivity contribution in [3.05, 3.63) is 24.3 Å². The van der Waals surface area contributed by atoms with Crippen LogP contribution in [0.1, 0.15) is 20.3 Å². The lowest BCUT2D eigenvalue weighted by Gasteiger charge is -2.37. The van der Waals surface area contributed by atoms with Crippen LogP contribution in [0.3, 0.4) is 0 Å². The molecule has 1 heterocycles. The summed E-state index contributed by atoms with van der Waals surface area (Å²) in [6.07, 6.45) is 0.572. The van der Waals surface area contributed by atoms with Crippen molar-refractivity contribution >= 4 is 17.5 Å². The Morgan fingerprint density at radius 2 is 2.00 bits per heavy atom. The standard InChI is InChI=1S/C14H18N2O3/c1-4-10-14(18)16(9(2)13(17)15-10)11-7-5-6-8-12(11)19-3/h5-10H,4H2,1-3H3,(H,15,17). The van der Waals surface area contributed by atoms with Gasteiger partial charge in [0.05, 0.1) is 12.8 Å². The monoisotopic (exact) mass is 262 g/mol. The van der Waals surface area contributed by atoms with Crippen molar-refractivity contribution in [3.63, 3.8) is 0 Å². The zero-order chi connectivity index (χ0) is 14.0. The molecule has 0 saturated carbocycles. The first-order valence-electron chi connectivity index (χ1n) is 6.36. The van der Waals surface area contributed by atoms with Crippen molar-refractivity contribution in [2.75, 3.05) is 12.0 Å². The molecule has 0 aromatic heterocycles. The number of hydrogen-bond acceptors (Lipinski definition) is 3. The lowest BCUT2D eigenvalue weighted by molar-refractivity contribution is -0.133. The highest BCUT2D eigenvalue weighted by Gasteiger charge is 2.39. The van der Waals surface area contributed by atoms with Crippen molar-refractivity contribution in [2.24, 2.45) is 0 Å². The summed E-state index contributed by atoms with van der Waals surface area (Å²) >= 11 is 0. The zero-order valence-electron chi connectivity index (χ0n) is 11.3. The molecule has 1 fully saturated rings. The molecular formula is C14H18N2O3. The van der Waals surface area contributed by atoms with Gasteiger partial charge in [0, 0.05) is 0 Å². The number of rotatable bonds is 3.